The highest BCUT2D eigenvalue weighted by atomic mass is 16.2. The summed E-state index contributed by atoms with van der Waals surface area (Å²) < 4.78 is 0. The van der Waals surface area contributed by atoms with Gasteiger partial charge < -0.3 is 16.8 Å². The second-order valence-corrected chi connectivity index (χ2v) is 6.03. The van der Waals surface area contributed by atoms with Crippen LogP contribution in [0.3, 0.4) is 0 Å². The summed E-state index contributed by atoms with van der Waals surface area (Å²) in [5, 5.41) is 2.71. The van der Waals surface area contributed by atoms with Crippen molar-refractivity contribution in [3.63, 3.8) is 0 Å². The molecule has 2 amide bonds. The van der Waals surface area contributed by atoms with Gasteiger partial charge in [0.2, 0.25) is 11.8 Å². The Balaban J connectivity index is 3.57. The van der Waals surface area contributed by atoms with Crippen molar-refractivity contribution in [3.05, 3.63) is 0 Å². The lowest BCUT2D eigenvalue weighted by molar-refractivity contribution is -0.127. The standard InChI is InChI=1S/C17H35N3O2/c1-2-3-4-5-6-7-8-9-10-13-16(21)20-15(17(19)22)12-11-14-18/h15H,2-14,18H2,1H3,(H2,19,22)(H,20,21). The minimum Gasteiger partial charge on any atom is -0.368 e. The fourth-order valence-electron chi connectivity index (χ4n) is 2.47. The molecule has 1 unspecified atom stereocenters. The third kappa shape index (κ3) is 12.6. The van der Waals surface area contributed by atoms with Crippen molar-refractivity contribution in [2.24, 2.45) is 11.5 Å². The molecule has 130 valence electrons. The van der Waals surface area contributed by atoms with Crippen LogP contribution in [-0.4, -0.2) is 24.4 Å². The molecule has 0 aliphatic heterocycles. The third-order valence-electron chi connectivity index (χ3n) is 3.88. The van der Waals surface area contributed by atoms with Gasteiger partial charge >= 0.3 is 0 Å². The van der Waals surface area contributed by atoms with Gasteiger partial charge in [-0.25, -0.2) is 0 Å². The SMILES string of the molecule is CCCCCCCCCCCC(=O)NC(CCCN)C(N)=O. The van der Waals surface area contributed by atoms with E-state index in [-0.39, 0.29) is 5.91 Å². The van der Waals surface area contributed by atoms with Crippen molar-refractivity contribution < 1.29 is 9.59 Å². The maximum atomic E-state index is 11.8. The smallest absolute Gasteiger partial charge is 0.240 e. The predicted molar refractivity (Wildman–Crippen MR) is 91.3 cm³/mol. The van der Waals surface area contributed by atoms with Crippen molar-refractivity contribution in [1.29, 1.82) is 0 Å². The molecule has 5 nitrogen and oxygen atoms in total. The molecule has 5 N–H and O–H groups in total. The number of rotatable bonds is 15. The minimum atomic E-state index is -0.574. The van der Waals surface area contributed by atoms with Gasteiger partial charge in [-0.3, -0.25) is 9.59 Å². The van der Waals surface area contributed by atoms with Crippen LogP contribution in [-0.2, 0) is 9.59 Å². The molecule has 22 heavy (non-hydrogen) atoms. The van der Waals surface area contributed by atoms with Gasteiger partial charge in [-0.05, 0) is 25.8 Å². The fourth-order valence-corrected chi connectivity index (χ4v) is 2.47. The number of primary amides is 1. The lowest BCUT2D eigenvalue weighted by Crippen LogP contribution is -2.44. The van der Waals surface area contributed by atoms with E-state index in [1.54, 1.807) is 0 Å². The maximum absolute atomic E-state index is 11.8. The number of nitrogens with one attached hydrogen (secondary N) is 1. The van der Waals surface area contributed by atoms with Gasteiger partial charge in [0, 0.05) is 6.42 Å². The van der Waals surface area contributed by atoms with Crippen LogP contribution >= 0.6 is 0 Å². The molecule has 0 rings (SSSR count). The van der Waals surface area contributed by atoms with Crippen molar-refractivity contribution in [3.8, 4) is 0 Å². The van der Waals surface area contributed by atoms with Gasteiger partial charge in [-0.15, -0.1) is 0 Å². The van der Waals surface area contributed by atoms with Gasteiger partial charge in [-0.2, -0.15) is 0 Å². The number of carbonyl (C=O) groups excluding carboxylic acids is 2. The van der Waals surface area contributed by atoms with E-state index in [1.165, 1.54) is 44.9 Å². The normalized spacial score (nSPS) is 12.1. The molecule has 0 saturated heterocycles. The molecule has 0 aliphatic rings. The minimum absolute atomic E-state index is 0.0798. The molecule has 0 spiro atoms. The molecule has 0 aromatic carbocycles. The fraction of sp³-hybridized carbons (Fsp3) is 0.882. The zero-order valence-corrected chi connectivity index (χ0v) is 14.2. The van der Waals surface area contributed by atoms with Crippen LogP contribution in [0.2, 0.25) is 0 Å². The summed E-state index contributed by atoms with van der Waals surface area (Å²) in [6, 6.07) is -0.574. The Hall–Kier alpha value is -1.10. The van der Waals surface area contributed by atoms with Crippen LogP contribution in [0, 0.1) is 0 Å². The van der Waals surface area contributed by atoms with E-state index in [1.807, 2.05) is 0 Å². The second kappa shape index (κ2) is 14.8. The number of carbonyl (C=O) groups is 2. The quantitative estimate of drug-likeness (QED) is 0.405. The number of unbranched alkanes of at least 4 members (excludes halogenated alkanes) is 8. The molecule has 1 atom stereocenters. The van der Waals surface area contributed by atoms with Gasteiger partial charge in [0.25, 0.3) is 0 Å². The lowest BCUT2D eigenvalue weighted by Gasteiger charge is -2.14. The predicted octanol–water partition coefficient (Wildman–Crippen LogP) is 2.62. The van der Waals surface area contributed by atoms with Crippen LogP contribution in [0.5, 0.6) is 0 Å². The van der Waals surface area contributed by atoms with E-state index in [0.29, 0.717) is 25.8 Å². The topological polar surface area (TPSA) is 98.2 Å². The third-order valence-corrected chi connectivity index (χ3v) is 3.88. The first-order valence-electron chi connectivity index (χ1n) is 8.90. The molecular weight excluding hydrogens is 278 g/mol. The van der Waals surface area contributed by atoms with Crippen LogP contribution in [0.1, 0.15) is 84.0 Å². The number of nitrogens with two attached hydrogens (primary N) is 2. The van der Waals surface area contributed by atoms with Crippen LogP contribution in [0.4, 0.5) is 0 Å². The Morgan fingerprint density at radius 2 is 1.45 bits per heavy atom. The van der Waals surface area contributed by atoms with Gasteiger partial charge in [-0.1, -0.05) is 58.3 Å². The van der Waals surface area contributed by atoms with E-state index >= 15 is 0 Å². The summed E-state index contributed by atoms with van der Waals surface area (Å²) in [5.74, 6) is -0.558. The van der Waals surface area contributed by atoms with E-state index < -0.39 is 11.9 Å². The van der Waals surface area contributed by atoms with E-state index in [9.17, 15) is 9.59 Å². The molecule has 0 bridgehead atoms. The number of hydrogen-bond donors (Lipinski definition) is 3. The zero-order valence-electron chi connectivity index (χ0n) is 14.2. The number of hydrogen-bond acceptors (Lipinski definition) is 3. The second-order valence-electron chi connectivity index (χ2n) is 6.03. The van der Waals surface area contributed by atoms with E-state index in [4.69, 9.17) is 11.5 Å². The maximum Gasteiger partial charge on any atom is 0.240 e. The summed E-state index contributed by atoms with van der Waals surface area (Å²) >= 11 is 0. The van der Waals surface area contributed by atoms with Crippen molar-refractivity contribution >= 4 is 11.8 Å². The molecule has 5 heteroatoms. The average Bonchev–Trinajstić information content (AvgIpc) is 2.49. The van der Waals surface area contributed by atoms with E-state index in [0.717, 1.165) is 12.8 Å². The highest BCUT2D eigenvalue weighted by Gasteiger charge is 2.16. The lowest BCUT2D eigenvalue weighted by atomic mass is 10.1. The number of amides is 2. The molecule has 0 saturated carbocycles. The summed E-state index contributed by atoms with van der Waals surface area (Å²) in [6.45, 7) is 2.72. The Morgan fingerprint density at radius 1 is 0.909 bits per heavy atom. The van der Waals surface area contributed by atoms with Gasteiger partial charge in [0.15, 0.2) is 0 Å². The average molecular weight is 313 g/mol. The molecule has 0 aromatic heterocycles. The van der Waals surface area contributed by atoms with Gasteiger partial charge in [0.1, 0.15) is 6.04 Å². The van der Waals surface area contributed by atoms with Crippen LogP contribution < -0.4 is 16.8 Å². The van der Waals surface area contributed by atoms with Crippen LogP contribution in [0.15, 0.2) is 0 Å². The molecule has 0 fully saturated rings. The van der Waals surface area contributed by atoms with E-state index in [2.05, 4.69) is 12.2 Å². The highest BCUT2D eigenvalue weighted by molar-refractivity contribution is 5.86. The largest absolute Gasteiger partial charge is 0.368 e. The first-order chi connectivity index (χ1) is 10.6. The van der Waals surface area contributed by atoms with Gasteiger partial charge in [0.05, 0.1) is 0 Å². The van der Waals surface area contributed by atoms with Crippen molar-refractivity contribution in [2.45, 2.75) is 90.0 Å². The molecule has 0 aliphatic carbocycles. The van der Waals surface area contributed by atoms with Crippen LogP contribution in [0.25, 0.3) is 0 Å². The highest BCUT2D eigenvalue weighted by Crippen LogP contribution is 2.10. The Morgan fingerprint density at radius 3 is 1.95 bits per heavy atom. The molecule has 0 heterocycles. The Kier molecular flexibility index (Phi) is 14.1. The Labute approximate surface area is 135 Å². The first-order valence-corrected chi connectivity index (χ1v) is 8.90. The summed E-state index contributed by atoms with van der Waals surface area (Å²) in [4.78, 5) is 23.0. The Bertz CT molecular complexity index is 296. The summed E-state index contributed by atoms with van der Waals surface area (Å²) in [7, 11) is 0. The summed E-state index contributed by atoms with van der Waals surface area (Å²) in [6.07, 6.45) is 12.7. The van der Waals surface area contributed by atoms with Crippen molar-refractivity contribution in [1.82, 2.24) is 5.32 Å². The molecule has 0 radical (unpaired) electrons. The summed E-state index contributed by atoms with van der Waals surface area (Å²) in [5.41, 5.74) is 10.7. The first kappa shape index (κ1) is 20.9. The molecule has 0 aromatic rings. The molecular formula is C17H35N3O2. The zero-order chi connectivity index (χ0) is 16.6. The monoisotopic (exact) mass is 313 g/mol. The van der Waals surface area contributed by atoms with Crippen molar-refractivity contribution in [2.75, 3.05) is 6.54 Å².